The molecule has 0 amide bonds. The number of esters is 1. The van der Waals surface area contributed by atoms with E-state index in [1.54, 1.807) is 11.3 Å². The highest BCUT2D eigenvalue weighted by molar-refractivity contribution is 7.90. The van der Waals surface area contributed by atoms with Crippen LogP contribution in [0, 0.1) is 5.92 Å². The van der Waals surface area contributed by atoms with E-state index < -0.39 is 27.2 Å². The lowest BCUT2D eigenvalue weighted by atomic mass is 10.1. The minimum atomic E-state index is -3.46. The average molecular weight is 317 g/mol. The van der Waals surface area contributed by atoms with Gasteiger partial charge in [0.15, 0.2) is 0 Å². The van der Waals surface area contributed by atoms with Gasteiger partial charge in [-0.3, -0.25) is 4.79 Å². The van der Waals surface area contributed by atoms with Gasteiger partial charge >= 0.3 is 5.97 Å². The normalized spacial score (nSPS) is 22.9. The minimum absolute atomic E-state index is 0.365. The van der Waals surface area contributed by atoms with E-state index in [0.29, 0.717) is 25.8 Å². The summed E-state index contributed by atoms with van der Waals surface area (Å²) in [7, 11) is -2.17. The number of rotatable bonds is 6. The van der Waals surface area contributed by atoms with Crippen molar-refractivity contribution in [1.29, 1.82) is 0 Å². The Morgan fingerprint density at radius 1 is 1.50 bits per heavy atom. The molecule has 1 saturated carbocycles. The number of thiophene rings is 1. The summed E-state index contributed by atoms with van der Waals surface area (Å²) in [6, 6.07) is 1.98. The molecule has 0 spiro atoms. The summed E-state index contributed by atoms with van der Waals surface area (Å²) >= 11 is 1.59. The van der Waals surface area contributed by atoms with Crippen LogP contribution in [0.3, 0.4) is 0 Å². The van der Waals surface area contributed by atoms with Gasteiger partial charge in [-0.15, -0.1) is 0 Å². The zero-order valence-corrected chi connectivity index (χ0v) is 13.0. The first-order chi connectivity index (χ1) is 9.54. The van der Waals surface area contributed by atoms with Crippen LogP contribution >= 0.6 is 11.3 Å². The number of hydrogen-bond donors (Lipinski definition) is 1. The van der Waals surface area contributed by atoms with E-state index in [4.69, 9.17) is 4.74 Å². The monoisotopic (exact) mass is 317 g/mol. The zero-order valence-electron chi connectivity index (χ0n) is 11.4. The topological polar surface area (TPSA) is 72.5 Å². The molecule has 20 heavy (non-hydrogen) atoms. The Morgan fingerprint density at radius 3 is 2.95 bits per heavy atom. The molecule has 1 heterocycles. The lowest BCUT2D eigenvalue weighted by molar-refractivity contribution is -0.145. The predicted molar refractivity (Wildman–Crippen MR) is 78.1 cm³/mol. The van der Waals surface area contributed by atoms with Crippen LogP contribution in [0.2, 0.25) is 0 Å². The van der Waals surface area contributed by atoms with Crippen molar-refractivity contribution in [3.63, 3.8) is 0 Å². The van der Waals surface area contributed by atoms with Gasteiger partial charge in [-0.05, 0) is 41.7 Å². The molecule has 2 atom stereocenters. The second-order valence-corrected chi connectivity index (χ2v) is 7.68. The number of nitrogens with one attached hydrogen (secondary N) is 1. The molecule has 1 aromatic rings. The van der Waals surface area contributed by atoms with E-state index in [1.807, 2.05) is 16.8 Å². The van der Waals surface area contributed by atoms with Crippen molar-refractivity contribution in [3.05, 3.63) is 22.4 Å². The Balaban J connectivity index is 1.93. The van der Waals surface area contributed by atoms with Crippen molar-refractivity contribution in [2.75, 3.05) is 13.7 Å². The number of carbonyl (C=O) groups is 1. The molecular weight excluding hydrogens is 298 g/mol. The van der Waals surface area contributed by atoms with Crippen LogP contribution in [0.5, 0.6) is 0 Å². The number of ether oxygens (including phenoxy) is 1. The standard InChI is InChI=1S/C13H19NO4S2/c1-18-13(15)11-3-2-4-12(11)20(16,17)14-7-5-10-6-8-19-9-10/h6,8-9,11-12,14H,2-5,7H2,1H3. The molecule has 0 bridgehead atoms. The van der Waals surface area contributed by atoms with Gasteiger partial charge in [0, 0.05) is 6.54 Å². The molecule has 1 fully saturated rings. The van der Waals surface area contributed by atoms with Crippen LogP contribution < -0.4 is 4.72 Å². The van der Waals surface area contributed by atoms with Crippen molar-refractivity contribution < 1.29 is 17.9 Å². The first kappa shape index (κ1) is 15.5. The SMILES string of the molecule is COC(=O)C1CCCC1S(=O)(=O)NCCc1ccsc1. The molecule has 5 nitrogen and oxygen atoms in total. The summed E-state index contributed by atoms with van der Waals surface area (Å²) in [5.74, 6) is -0.950. The van der Waals surface area contributed by atoms with E-state index in [1.165, 1.54) is 7.11 Å². The summed E-state index contributed by atoms with van der Waals surface area (Å²) in [4.78, 5) is 11.6. The average Bonchev–Trinajstić information content (AvgIpc) is 3.08. The van der Waals surface area contributed by atoms with Gasteiger partial charge in [-0.25, -0.2) is 13.1 Å². The predicted octanol–water partition coefficient (Wildman–Crippen LogP) is 1.55. The summed E-state index contributed by atoms with van der Waals surface area (Å²) in [5.41, 5.74) is 1.12. The first-order valence-electron chi connectivity index (χ1n) is 6.62. The molecule has 1 aliphatic carbocycles. The van der Waals surface area contributed by atoms with Gasteiger partial charge in [0.2, 0.25) is 10.0 Å². The second-order valence-electron chi connectivity index (χ2n) is 4.92. The van der Waals surface area contributed by atoms with Gasteiger partial charge in [0.1, 0.15) is 0 Å². The first-order valence-corrected chi connectivity index (χ1v) is 9.11. The van der Waals surface area contributed by atoms with Crippen molar-refractivity contribution in [3.8, 4) is 0 Å². The molecule has 2 unspecified atom stereocenters. The fraction of sp³-hybridized carbons (Fsp3) is 0.615. The molecule has 112 valence electrons. The Kier molecular flexibility index (Phi) is 5.17. The van der Waals surface area contributed by atoms with Gasteiger partial charge in [0.25, 0.3) is 0 Å². The van der Waals surface area contributed by atoms with Crippen LogP contribution in [0.1, 0.15) is 24.8 Å². The molecule has 1 N–H and O–H groups in total. The smallest absolute Gasteiger partial charge is 0.310 e. The van der Waals surface area contributed by atoms with Gasteiger partial charge in [-0.2, -0.15) is 11.3 Å². The Bertz CT molecular complexity index is 539. The quantitative estimate of drug-likeness (QED) is 0.808. The maximum absolute atomic E-state index is 12.3. The number of sulfonamides is 1. The maximum Gasteiger partial charge on any atom is 0.310 e. The Labute approximate surface area is 123 Å². The maximum atomic E-state index is 12.3. The molecular formula is C13H19NO4S2. The minimum Gasteiger partial charge on any atom is -0.469 e. The summed E-state index contributed by atoms with van der Waals surface area (Å²) in [6.45, 7) is 0.365. The third kappa shape index (κ3) is 3.59. The lowest BCUT2D eigenvalue weighted by Gasteiger charge is -2.18. The molecule has 0 saturated heterocycles. The molecule has 2 rings (SSSR count). The van der Waals surface area contributed by atoms with Crippen molar-refractivity contribution in [1.82, 2.24) is 4.72 Å². The summed E-state index contributed by atoms with van der Waals surface area (Å²) < 4.78 is 31.9. The van der Waals surface area contributed by atoms with E-state index in [2.05, 4.69) is 4.72 Å². The van der Waals surface area contributed by atoms with Crippen molar-refractivity contribution in [2.24, 2.45) is 5.92 Å². The highest BCUT2D eigenvalue weighted by Gasteiger charge is 2.41. The van der Waals surface area contributed by atoms with E-state index >= 15 is 0 Å². The van der Waals surface area contributed by atoms with E-state index in [-0.39, 0.29) is 0 Å². The fourth-order valence-corrected chi connectivity index (χ4v) is 5.06. The largest absolute Gasteiger partial charge is 0.469 e. The number of hydrogen-bond acceptors (Lipinski definition) is 5. The zero-order chi connectivity index (χ0) is 14.6. The summed E-state index contributed by atoms with van der Waals surface area (Å²) in [6.07, 6.45) is 2.52. The van der Waals surface area contributed by atoms with E-state index in [9.17, 15) is 13.2 Å². The van der Waals surface area contributed by atoms with Crippen molar-refractivity contribution >= 4 is 27.3 Å². The van der Waals surface area contributed by atoms with E-state index in [0.717, 1.165) is 12.0 Å². The molecule has 0 aromatic carbocycles. The third-order valence-corrected chi connectivity index (χ3v) is 6.35. The Hall–Kier alpha value is -0.920. The molecule has 0 aliphatic heterocycles. The third-order valence-electron chi connectivity index (χ3n) is 3.65. The fourth-order valence-electron chi connectivity index (χ4n) is 2.60. The second kappa shape index (κ2) is 6.69. The highest BCUT2D eigenvalue weighted by Crippen LogP contribution is 2.31. The van der Waals surface area contributed by atoms with Crippen LogP contribution in [-0.4, -0.2) is 33.3 Å². The summed E-state index contributed by atoms with van der Waals surface area (Å²) in [5, 5.41) is 3.31. The van der Waals surface area contributed by atoms with Crippen LogP contribution in [0.4, 0.5) is 0 Å². The Morgan fingerprint density at radius 2 is 2.30 bits per heavy atom. The van der Waals surface area contributed by atoms with Gasteiger partial charge < -0.3 is 4.74 Å². The van der Waals surface area contributed by atoms with Crippen LogP contribution in [-0.2, 0) is 26.0 Å². The van der Waals surface area contributed by atoms with Crippen LogP contribution in [0.15, 0.2) is 16.8 Å². The lowest BCUT2D eigenvalue weighted by Crippen LogP contribution is -2.40. The van der Waals surface area contributed by atoms with Crippen LogP contribution in [0.25, 0.3) is 0 Å². The molecule has 7 heteroatoms. The number of methoxy groups -OCH3 is 1. The van der Waals surface area contributed by atoms with Gasteiger partial charge in [-0.1, -0.05) is 6.42 Å². The molecule has 1 aromatic heterocycles. The molecule has 1 aliphatic rings. The highest BCUT2D eigenvalue weighted by atomic mass is 32.2. The molecule has 0 radical (unpaired) electrons. The van der Waals surface area contributed by atoms with Gasteiger partial charge in [0.05, 0.1) is 18.3 Å². The van der Waals surface area contributed by atoms with Crippen molar-refractivity contribution in [2.45, 2.75) is 30.9 Å². The number of carbonyl (C=O) groups excluding carboxylic acids is 1.